The van der Waals surface area contributed by atoms with E-state index >= 15 is 0 Å². The average Bonchev–Trinajstić information content (AvgIpc) is 2.74. The van der Waals surface area contributed by atoms with Gasteiger partial charge in [0.05, 0.1) is 6.61 Å². The molecule has 5 nitrogen and oxygen atoms in total. The van der Waals surface area contributed by atoms with Crippen LogP contribution in [0.15, 0.2) is 48.5 Å². The Morgan fingerprint density at radius 3 is 2.42 bits per heavy atom. The zero-order chi connectivity index (χ0) is 22.8. The second-order valence-electron chi connectivity index (χ2n) is 7.84. The molecule has 0 saturated carbocycles. The number of carbonyl (C=O) groups is 2. The van der Waals surface area contributed by atoms with Crippen molar-refractivity contribution in [2.24, 2.45) is 5.92 Å². The van der Waals surface area contributed by atoms with Crippen molar-refractivity contribution in [3.8, 4) is 5.75 Å². The third kappa shape index (κ3) is 8.42. The van der Waals surface area contributed by atoms with Crippen LogP contribution in [0.3, 0.4) is 0 Å². The molecular weight excluding hydrogens is 435 g/mol. The second kappa shape index (κ2) is 12.6. The van der Waals surface area contributed by atoms with Crippen LogP contribution in [0.1, 0.15) is 39.2 Å². The van der Waals surface area contributed by atoms with E-state index in [4.69, 9.17) is 27.9 Å². The normalized spacial score (nSPS) is 11.8. The number of ether oxygens (including phenoxy) is 1. The summed E-state index contributed by atoms with van der Waals surface area (Å²) >= 11 is 12.3. The van der Waals surface area contributed by atoms with Crippen LogP contribution in [-0.4, -0.2) is 35.9 Å². The van der Waals surface area contributed by atoms with Gasteiger partial charge in [-0.05, 0) is 49.1 Å². The smallest absolute Gasteiger partial charge is 0.242 e. The summed E-state index contributed by atoms with van der Waals surface area (Å²) in [6, 6.07) is 14.0. The van der Waals surface area contributed by atoms with Gasteiger partial charge in [-0.3, -0.25) is 9.59 Å². The van der Waals surface area contributed by atoms with Gasteiger partial charge in [-0.15, -0.1) is 0 Å². The molecule has 31 heavy (non-hydrogen) atoms. The van der Waals surface area contributed by atoms with Gasteiger partial charge in [0.15, 0.2) is 0 Å². The maximum absolute atomic E-state index is 13.0. The molecule has 0 fully saturated rings. The zero-order valence-corrected chi connectivity index (χ0v) is 19.7. The van der Waals surface area contributed by atoms with Crippen LogP contribution in [0.2, 0.25) is 10.0 Å². The third-order valence-corrected chi connectivity index (χ3v) is 5.34. The first-order valence-corrected chi connectivity index (χ1v) is 11.2. The number of nitrogens with zero attached hydrogens (tertiary/aromatic N) is 1. The Labute approximate surface area is 194 Å². The highest BCUT2D eigenvalue weighted by molar-refractivity contribution is 6.35. The maximum atomic E-state index is 13.0. The average molecular weight is 465 g/mol. The van der Waals surface area contributed by atoms with Crippen molar-refractivity contribution in [1.82, 2.24) is 10.2 Å². The number of benzene rings is 2. The topological polar surface area (TPSA) is 58.6 Å². The highest BCUT2D eigenvalue weighted by Crippen LogP contribution is 2.23. The molecule has 2 aromatic rings. The number of halogens is 2. The molecule has 0 aliphatic carbocycles. The minimum absolute atomic E-state index is 0.130. The lowest BCUT2D eigenvalue weighted by Gasteiger charge is -2.29. The van der Waals surface area contributed by atoms with Gasteiger partial charge in [0, 0.05) is 29.6 Å². The Morgan fingerprint density at radius 1 is 1.06 bits per heavy atom. The first-order valence-electron chi connectivity index (χ1n) is 10.5. The standard InChI is InChI=1S/C24H30Cl2N2O3/c1-17(2)15-27-24(30)18(3)28(16-19-11-12-20(25)14-22(19)26)23(29)10-7-13-31-21-8-5-4-6-9-21/h4-6,8-9,11-12,14,17-18H,7,10,13,15-16H2,1-3H3,(H,27,30)/t18-/m0/s1. The first-order chi connectivity index (χ1) is 14.8. The molecule has 0 saturated heterocycles. The lowest BCUT2D eigenvalue weighted by molar-refractivity contribution is -0.140. The van der Waals surface area contributed by atoms with Gasteiger partial charge in [0.1, 0.15) is 11.8 Å². The molecule has 0 heterocycles. The summed E-state index contributed by atoms with van der Waals surface area (Å²) in [6.07, 6.45) is 0.804. The van der Waals surface area contributed by atoms with Crippen molar-refractivity contribution in [1.29, 1.82) is 0 Å². The van der Waals surface area contributed by atoms with Crippen molar-refractivity contribution >= 4 is 35.0 Å². The maximum Gasteiger partial charge on any atom is 0.242 e. The summed E-state index contributed by atoms with van der Waals surface area (Å²) in [5.74, 6) is 0.768. The lowest BCUT2D eigenvalue weighted by Crippen LogP contribution is -2.48. The summed E-state index contributed by atoms with van der Waals surface area (Å²) in [5.41, 5.74) is 0.739. The van der Waals surface area contributed by atoms with E-state index in [1.54, 1.807) is 30.0 Å². The van der Waals surface area contributed by atoms with Crippen LogP contribution in [0, 0.1) is 5.92 Å². The number of para-hydroxylation sites is 1. The zero-order valence-electron chi connectivity index (χ0n) is 18.2. The van der Waals surface area contributed by atoms with E-state index < -0.39 is 6.04 Å². The van der Waals surface area contributed by atoms with Gasteiger partial charge in [-0.2, -0.15) is 0 Å². The Balaban J connectivity index is 2.04. The molecule has 2 aromatic carbocycles. The van der Waals surface area contributed by atoms with Crippen LogP contribution >= 0.6 is 23.2 Å². The molecule has 0 aliphatic heterocycles. The van der Waals surface area contributed by atoms with Gasteiger partial charge in [0.25, 0.3) is 0 Å². The Morgan fingerprint density at radius 2 is 1.77 bits per heavy atom. The highest BCUT2D eigenvalue weighted by Gasteiger charge is 2.26. The van der Waals surface area contributed by atoms with Crippen LogP contribution in [0.4, 0.5) is 0 Å². The monoisotopic (exact) mass is 464 g/mol. The van der Waals surface area contributed by atoms with Gasteiger partial charge < -0.3 is 15.0 Å². The predicted octanol–water partition coefficient (Wildman–Crippen LogP) is 5.34. The number of hydrogen-bond donors (Lipinski definition) is 1. The Bertz CT molecular complexity index is 859. The number of rotatable bonds is 11. The van der Waals surface area contributed by atoms with E-state index in [0.29, 0.717) is 35.5 Å². The Kier molecular flexibility index (Phi) is 10.2. The molecule has 0 aromatic heterocycles. The lowest BCUT2D eigenvalue weighted by atomic mass is 10.1. The molecule has 0 unspecified atom stereocenters. The number of carbonyl (C=O) groups excluding carboxylic acids is 2. The van der Waals surface area contributed by atoms with Crippen LogP contribution in [0.25, 0.3) is 0 Å². The second-order valence-corrected chi connectivity index (χ2v) is 8.68. The van der Waals surface area contributed by atoms with Crippen molar-refractivity contribution in [3.05, 3.63) is 64.1 Å². The summed E-state index contributed by atoms with van der Waals surface area (Å²) in [6.45, 7) is 6.97. The van der Waals surface area contributed by atoms with Crippen LogP contribution in [-0.2, 0) is 16.1 Å². The molecule has 0 radical (unpaired) electrons. The van der Waals surface area contributed by atoms with E-state index in [1.807, 2.05) is 44.2 Å². The molecule has 0 bridgehead atoms. The summed E-state index contributed by atoms with van der Waals surface area (Å²) in [4.78, 5) is 27.3. The Hall–Kier alpha value is -2.24. The van der Waals surface area contributed by atoms with Crippen molar-refractivity contribution in [2.45, 2.75) is 46.2 Å². The number of nitrogens with one attached hydrogen (secondary N) is 1. The van der Waals surface area contributed by atoms with Crippen molar-refractivity contribution in [3.63, 3.8) is 0 Å². The molecule has 168 valence electrons. The molecule has 7 heteroatoms. The molecule has 2 amide bonds. The quantitative estimate of drug-likeness (QED) is 0.456. The number of hydrogen-bond acceptors (Lipinski definition) is 3. The minimum atomic E-state index is -0.631. The molecule has 1 N–H and O–H groups in total. The van der Waals surface area contributed by atoms with E-state index in [2.05, 4.69) is 5.32 Å². The van der Waals surface area contributed by atoms with Crippen molar-refractivity contribution in [2.75, 3.05) is 13.2 Å². The van der Waals surface area contributed by atoms with E-state index in [1.165, 1.54) is 0 Å². The van der Waals surface area contributed by atoms with Gasteiger partial charge in [-0.1, -0.05) is 61.3 Å². The fourth-order valence-corrected chi connectivity index (χ4v) is 3.41. The molecule has 0 aliphatic rings. The number of amides is 2. The SMILES string of the molecule is CC(C)CNC(=O)[C@H](C)N(Cc1ccc(Cl)cc1Cl)C(=O)CCCOc1ccccc1. The van der Waals surface area contributed by atoms with Crippen LogP contribution < -0.4 is 10.1 Å². The summed E-state index contributed by atoms with van der Waals surface area (Å²) in [5, 5.41) is 3.89. The molecular formula is C24H30Cl2N2O3. The van der Waals surface area contributed by atoms with E-state index in [-0.39, 0.29) is 24.8 Å². The van der Waals surface area contributed by atoms with E-state index in [0.717, 1.165) is 11.3 Å². The summed E-state index contributed by atoms with van der Waals surface area (Å²) < 4.78 is 5.67. The minimum Gasteiger partial charge on any atom is -0.494 e. The summed E-state index contributed by atoms with van der Waals surface area (Å²) in [7, 11) is 0. The first kappa shape index (κ1) is 25.0. The van der Waals surface area contributed by atoms with Gasteiger partial charge in [-0.25, -0.2) is 0 Å². The van der Waals surface area contributed by atoms with E-state index in [9.17, 15) is 9.59 Å². The largest absolute Gasteiger partial charge is 0.494 e. The molecule has 2 rings (SSSR count). The third-order valence-electron chi connectivity index (χ3n) is 4.75. The molecule has 1 atom stereocenters. The van der Waals surface area contributed by atoms with Crippen molar-refractivity contribution < 1.29 is 14.3 Å². The fourth-order valence-electron chi connectivity index (χ4n) is 2.94. The van der Waals surface area contributed by atoms with Gasteiger partial charge >= 0.3 is 0 Å². The van der Waals surface area contributed by atoms with Gasteiger partial charge in [0.2, 0.25) is 11.8 Å². The molecule has 0 spiro atoms. The highest BCUT2D eigenvalue weighted by atomic mass is 35.5. The van der Waals surface area contributed by atoms with Crippen LogP contribution in [0.5, 0.6) is 5.75 Å². The fraction of sp³-hybridized carbons (Fsp3) is 0.417. The predicted molar refractivity (Wildman–Crippen MR) is 125 cm³/mol.